The molecule has 0 radical (unpaired) electrons. The first-order valence-corrected chi connectivity index (χ1v) is 6.64. The van der Waals surface area contributed by atoms with Gasteiger partial charge in [0, 0.05) is 5.56 Å². The van der Waals surface area contributed by atoms with E-state index >= 15 is 0 Å². The molecule has 90 valence electrons. The summed E-state index contributed by atoms with van der Waals surface area (Å²) in [5, 5.41) is 15.0. The van der Waals surface area contributed by atoms with Crippen LogP contribution in [0.2, 0.25) is 0 Å². The van der Waals surface area contributed by atoms with Gasteiger partial charge in [-0.15, -0.1) is 11.8 Å². The number of aliphatic hydroxyl groups excluding tert-OH is 1. The van der Waals surface area contributed by atoms with Crippen LogP contribution in [0.1, 0.15) is 18.2 Å². The third-order valence-corrected chi connectivity index (χ3v) is 3.56. The topological polar surface area (TPSA) is 38.1 Å². The first-order valence-electron chi connectivity index (χ1n) is 5.65. The first kappa shape index (κ1) is 12.2. The molecule has 1 aromatic carbocycles. The number of aliphatic hydroxyl groups is 1. The Kier molecular flexibility index (Phi) is 3.86. The Morgan fingerprint density at radius 1 is 1.29 bits per heavy atom. The quantitative estimate of drug-likeness (QED) is 0.845. The Labute approximate surface area is 105 Å². The van der Waals surface area contributed by atoms with Gasteiger partial charge in [-0.2, -0.15) is 5.10 Å². The molecule has 1 N–H and O–H groups in total. The van der Waals surface area contributed by atoms with Gasteiger partial charge in [0.15, 0.2) is 0 Å². The summed E-state index contributed by atoms with van der Waals surface area (Å²) in [4.78, 5) is 0. The van der Waals surface area contributed by atoms with Crippen molar-refractivity contribution in [2.45, 2.75) is 25.5 Å². The Morgan fingerprint density at radius 2 is 2.00 bits per heavy atom. The van der Waals surface area contributed by atoms with Crippen molar-refractivity contribution in [2.24, 2.45) is 0 Å². The highest BCUT2D eigenvalue weighted by molar-refractivity contribution is 7.99. The van der Waals surface area contributed by atoms with E-state index in [0.29, 0.717) is 0 Å². The maximum atomic E-state index is 9.42. The smallest absolute Gasteiger partial charge is 0.106 e. The molecule has 4 heteroatoms. The summed E-state index contributed by atoms with van der Waals surface area (Å²) in [6.07, 6.45) is 0. The van der Waals surface area contributed by atoms with Gasteiger partial charge in [-0.3, -0.25) is 0 Å². The first-order chi connectivity index (χ1) is 8.27. The van der Waals surface area contributed by atoms with Crippen molar-refractivity contribution in [3.05, 3.63) is 41.6 Å². The van der Waals surface area contributed by atoms with Gasteiger partial charge in [-0.05, 0) is 24.8 Å². The zero-order chi connectivity index (χ0) is 12.3. The Balaban J connectivity index is 2.54. The van der Waals surface area contributed by atoms with Crippen molar-refractivity contribution in [2.75, 3.05) is 5.75 Å². The second-order valence-electron chi connectivity index (χ2n) is 3.71. The second kappa shape index (κ2) is 5.38. The normalized spacial score (nSPS) is 10.8. The van der Waals surface area contributed by atoms with Crippen LogP contribution in [-0.4, -0.2) is 20.6 Å². The monoisotopic (exact) mass is 248 g/mol. The van der Waals surface area contributed by atoms with Crippen molar-refractivity contribution in [3.8, 4) is 5.69 Å². The molecule has 0 unspecified atom stereocenters. The summed E-state index contributed by atoms with van der Waals surface area (Å²) in [6, 6.07) is 10.0. The molecule has 2 rings (SSSR count). The van der Waals surface area contributed by atoms with Crippen molar-refractivity contribution in [3.63, 3.8) is 0 Å². The Hall–Kier alpha value is -1.26. The number of hydrogen-bond acceptors (Lipinski definition) is 3. The van der Waals surface area contributed by atoms with Gasteiger partial charge in [-0.25, -0.2) is 4.68 Å². The van der Waals surface area contributed by atoms with Crippen molar-refractivity contribution in [1.29, 1.82) is 0 Å². The van der Waals surface area contributed by atoms with E-state index < -0.39 is 0 Å². The lowest BCUT2D eigenvalue weighted by Gasteiger charge is -2.07. The number of aryl methyl sites for hydroxylation is 1. The van der Waals surface area contributed by atoms with Crippen LogP contribution in [0, 0.1) is 6.92 Å². The Morgan fingerprint density at radius 3 is 2.59 bits per heavy atom. The molecule has 2 aromatic rings. The molecule has 0 amide bonds. The van der Waals surface area contributed by atoms with Crippen LogP contribution in [0.15, 0.2) is 35.4 Å². The second-order valence-corrected chi connectivity index (χ2v) is 4.96. The maximum absolute atomic E-state index is 9.42. The summed E-state index contributed by atoms with van der Waals surface area (Å²) in [7, 11) is 0. The fourth-order valence-electron chi connectivity index (χ4n) is 1.75. The number of benzene rings is 1. The molecule has 0 aliphatic heterocycles. The third-order valence-electron chi connectivity index (χ3n) is 2.58. The number of hydrogen-bond donors (Lipinski definition) is 1. The predicted molar refractivity (Wildman–Crippen MR) is 70.6 cm³/mol. The van der Waals surface area contributed by atoms with E-state index in [4.69, 9.17) is 0 Å². The van der Waals surface area contributed by atoms with Crippen LogP contribution in [-0.2, 0) is 6.61 Å². The molecule has 0 spiro atoms. The molecule has 0 saturated heterocycles. The van der Waals surface area contributed by atoms with Gasteiger partial charge in [0.2, 0.25) is 0 Å². The molecule has 1 heterocycles. The molecular formula is C13H16N2OS. The lowest BCUT2D eigenvalue weighted by atomic mass is 10.3. The van der Waals surface area contributed by atoms with Gasteiger partial charge in [0.1, 0.15) is 5.03 Å². The van der Waals surface area contributed by atoms with Crippen LogP contribution in [0.3, 0.4) is 0 Å². The van der Waals surface area contributed by atoms with E-state index in [0.717, 1.165) is 27.7 Å². The summed E-state index contributed by atoms with van der Waals surface area (Å²) >= 11 is 1.71. The van der Waals surface area contributed by atoms with Gasteiger partial charge in [-0.1, -0.05) is 25.1 Å². The summed E-state index contributed by atoms with van der Waals surface area (Å²) < 4.78 is 1.91. The van der Waals surface area contributed by atoms with E-state index in [1.165, 1.54) is 0 Å². The fourth-order valence-corrected chi connectivity index (χ4v) is 2.68. The van der Waals surface area contributed by atoms with E-state index in [9.17, 15) is 5.11 Å². The summed E-state index contributed by atoms with van der Waals surface area (Å²) in [5.74, 6) is 0.963. The van der Waals surface area contributed by atoms with E-state index in [1.54, 1.807) is 11.8 Å². The zero-order valence-electron chi connectivity index (χ0n) is 10.1. The number of nitrogens with zero attached hydrogens (tertiary/aromatic N) is 2. The lowest BCUT2D eigenvalue weighted by Crippen LogP contribution is -1.98. The van der Waals surface area contributed by atoms with Gasteiger partial charge < -0.3 is 5.11 Å². The summed E-state index contributed by atoms with van der Waals surface area (Å²) in [6.45, 7) is 4.08. The van der Waals surface area contributed by atoms with Crippen LogP contribution in [0.5, 0.6) is 0 Å². The SMILES string of the molecule is CCSc1c(CO)c(C)nn1-c1ccccc1. The van der Waals surface area contributed by atoms with Crippen molar-refractivity contribution >= 4 is 11.8 Å². The van der Waals surface area contributed by atoms with Crippen molar-refractivity contribution in [1.82, 2.24) is 9.78 Å². The largest absolute Gasteiger partial charge is 0.392 e. The highest BCUT2D eigenvalue weighted by Gasteiger charge is 2.15. The number of rotatable bonds is 4. The molecule has 0 aliphatic rings. The molecule has 1 aromatic heterocycles. The van der Waals surface area contributed by atoms with E-state index in [2.05, 4.69) is 12.0 Å². The van der Waals surface area contributed by atoms with E-state index in [-0.39, 0.29) is 6.61 Å². The molecule has 3 nitrogen and oxygen atoms in total. The number of aromatic nitrogens is 2. The number of para-hydroxylation sites is 1. The predicted octanol–water partition coefficient (Wildman–Crippen LogP) is 2.79. The molecular weight excluding hydrogens is 232 g/mol. The molecule has 0 aliphatic carbocycles. The van der Waals surface area contributed by atoms with Crippen molar-refractivity contribution < 1.29 is 5.11 Å². The highest BCUT2D eigenvalue weighted by Crippen LogP contribution is 2.28. The molecule has 0 fully saturated rings. The van der Waals surface area contributed by atoms with Crippen LogP contribution in [0.25, 0.3) is 5.69 Å². The minimum absolute atomic E-state index is 0.0427. The molecule has 0 atom stereocenters. The maximum Gasteiger partial charge on any atom is 0.106 e. The van der Waals surface area contributed by atoms with Crippen LogP contribution in [0.4, 0.5) is 0 Å². The van der Waals surface area contributed by atoms with Gasteiger partial charge >= 0.3 is 0 Å². The minimum Gasteiger partial charge on any atom is -0.392 e. The van der Waals surface area contributed by atoms with E-state index in [1.807, 2.05) is 41.9 Å². The average molecular weight is 248 g/mol. The molecule has 17 heavy (non-hydrogen) atoms. The number of thioether (sulfide) groups is 1. The average Bonchev–Trinajstić information content (AvgIpc) is 2.67. The van der Waals surface area contributed by atoms with Gasteiger partial charge in [0.05, 0.1) is 18.0 Å². The molecule has 0 bridgehead atoms. The van der Waals surface area contributed by atoms with Crippen LogP contribution >= 0.6 is 11.8 Å². The van der Waals surface area contributed by atoms with Crippen LogP contribution < -0.4 is 0 Å². The van der Waals surface area contributed by atoms with Gasteiger partial charge in [0.25, 0.3) is 0 Å². The standard InChI is InChI=1S/C13H16N2OS/c1-3-17-13-12(9-16)10(2)14-15(13)11-7-5-4-6-8-11/h4-8,16H,3,9H2,1-2H3. The Bertz CT molecular complexity index is 494. The minimum atomic E-state index is 0.0427. The third kappa shape index (κ3) is 2.37. The fraction of sp³-hybridized carbons (Fsp3) is 0.308. The lowest BCUT2D eigenvalue weighted by molar-refractivity contribution is 0.278. The highest BCUT2D eigenvalue weighted by atomic mass is 32.2. The zero-order valence-corrected chi connectivity index (χ0v) is 10.9. The summed E-state index contributed by atoms with van der Waals surface area (Å²) in [5.41, 5.74) is 2.86. The molecule has 0 saturated carbocycles.